The van der Waals surface area contributed by atoms with Crippen LogP contribution in [0.5, 0.6) is 0 Å². The minimum Gasteiger partial charge on any atom is -0.346 e. The zero-order chi connectivity index (χ0) is 18.2. The van der Waals surface area contributed by atoms with E-state index in [2.05, 4.69) is 45.0 Å². The number of rotatable bonds is 4. The minimum atomic E-state index is -0.267. The molecule has 1 heterocycles. The number of amides is 1. The average Bonchev–Trinajstić information content (AvgIpc) is 3.06. The van der Waals surface area contributed by atoms with E-state index in [1.807, 2.05) is 35.0 Å². The summed E-state index contributed by atoms with van der Waals surface area (Å²) in [6, 6.07) is 10.1. The van der Waals surface area contributed by atoms with Gasteiger partial charge in [0.2, 0.25) is 0 Å². The van der Waals surface area contributed by atoms with E-state index in [4.69, 9.17) is 0 Å². The van der Waals surface area contributed by atoms with Gasteiger partial charge in [-0.2, -0.15) is 5.10 Å². The Hall–Kier alpha value is -2.10. The molecule has 0 atom stereocenters. The number of carbonyl (C=O) groups is 1. The second-order valence-corrected chi connectivity index (χ2v) is 8.95. The van der Waals surface area contributed by atoms with Gasteiger partial charge < -0.3 is 5.32 Å². The van der Waals surface area contributed by atoms with Crippen molar-refractivity contribution < 1.29 is 4.79 Å². The van der Waals surface area contributed by atoms with Crippen molar-refractivity contribution in [3.8, 4) is 5.69 Å². The van der Waals surface area contributed by atoms with Gasteiger partial charge in [-0.25, -0.2) is 4.68 Å². The lowest BCUT2D eigenvalue weighted by Gasteiger charge is -2.33. The first-order chi connectivity index (χ1) is 11.7. The molecule has 0 bridgehead atoms. The highest BCUT2D eigenvalue weighted by molar-refractivity contribution is 5.94. The Kier molecular flexibility index (Phi) is 4.48. The van der Waals surface area contributed by atoms with Gasteiger partial charge in [-0.15, -0.1) is 0 Å². The van der Waals surface area contributed by atoms with Gasteiger partial charge >= 0.3 is 0 Å². The Morgan fingerprint density at radius 1 is 1.12 bits per heavy atom. The molecule has 0 saturated heterocycles. The molecule has 0 radical (unpaired) electrons. The van der Waals surface area contributed by atoms with Crippen molar-refractivity contribution in [1.82, 2.24) is 15.1 Å². The first-order valence-electron chi connectivity index (χ1n) is 9.15. The summed E-state index contributed by atoms with van der Waals surface area (Å²) in [4.78, 5) is 13.0. The van der Waals surface area contributed by atoms with Gasteiger partial charge in [0.15, 0.2) is 5.69 Å². The topological polar surface area (TPSA) is 46.9 Å². The van der Waals surface area contributed by atoms with Crippen LogP contribution in [0.25, 0.3) is 5.69 Å². The lowest BCUT2D eigenvalue weighted by Crippen LogP contribution is -2.46. The van der Waals surface area contributed by atoms with Crippen molar-refractivity contribution in [2.75, 3.05) is 0 Å². The Bertz CT molecular complexity index is 766. The van der Waals surface area contributed by atoms with Crippen LogP contribution in [-0.4, -0.2) is 21.2 Å². The third-order valence-corrected chi connectivity index (χ3v) is 4.57. The van der Waals surface area contributed by atoms with E-state index < -0.39 is 0 Å². The molecular weight excluding hydrogens is 310 g/mol. The van der Waals surface area contributed by atoms with Crippen LogP contribution in [-0.2, 0) is 12.8 Å². The molecule has 1 N–H and O–H groups in total. The number of hydrogen-bond acceptors (Lipinski definition) is 2. The molecule has 1 aromatic heterocycles. The predicted octanol–water partition coefficient (Wildman–Crippen LogP) is 4.31. The van der Waals surface area contributed by atoms with Gasteiger partial charge in [0.1, 0.15) is 0 Å². The van der Waals surface area contributed by atoms with Crippen molar-refractivity contribution >= 4 is 5.91 Å². The number of carbonyl (C=O) groups excluding carboxylic acids is 1. The van der Waals surface area contributed by atoms with Crippen molar-refractivity contribution in [3.05, 3.63) is 47.3 Å². The molecule has 1 aliphatic carbocycles. The quantitative estimate of drug-likeness (QED) is 0.902. The number of aromatic nitrogens is 2. The Morgan fingerprint density at radius 2 is 1.80 bits per heavy atom. The number of nitrogens with one attached hydrogen (secondary N) is 1. The van der Waals surface area contributed by atoms with Gasteiger partial charge in [-0.05, 0) is 57.1 Å². The van der Waals surface area contributed by atoms with Crippen molar-refractivity contribution in [1.29, 1.82) is 0 Å². The fourth-order valence-corrected chi connectivity index (χ4v) is 4.14. The van der Waals surface area contributed by atoms with E-state index in [1.54, 1.807) is 0 Å². The molecule has 1 amide bonds. The monoisotopic (exact) mass is 339 g/mol. The Morgan fingerprint density at radius 3 is 2.44 bits per heavy atom. The first kappa shape index (κ1) is 17.7. The highest BCUT2D eigenvalue weighted by Crippen LogP contribution is 2.30. The molecule has 1 aliphatic rings. The Labute approximate surface area is 150 Å². The first-order valence-corrected chi connectivity index (χ1v) is 9.15. The van der Waals surface area contributed by atoms with Gasteiger partial charge in [0.25, 0.3) is 5.91 Å². The summed E-state index contributed by atoms with van der Waals surface area (Å²) in [7, 11) is 0. The lowest BCUT2D eigenvalue weighted by atomic mass is 9.81. The molecule has 0 spiro atoms. The third kappa shape index (κ3) is 3.94. The van der Waals surface area contributed by atoms with Crippen LogP contribution in [0, 0.1) is 5.41 Å². The van der Waals surface area contributed by atoms with Crippen LogP contribution in [0.3, 0.4) is 0 Å². The summed E-state index contributed by atoms with van der Waals surface area (Å²) in [5, 5.41) is 7.90. The highest BCUT2D eigenvalue weighted by atomic mass is 16.2. The minimum absolute atomic E-state index is 0.0536. The molecule has 0 fully saturated rings. The van der Waals surface area contributed by atoms with Crippen LogP contribution in [0.1, 0.15) is 69.2 Å². The second-order valence-electron chi connectivity index (χ2n) is 8.95. The number of nitrogens with zero attached hydrogens (tertiary/aromatic N) is 2. The van der Waals surface area contributed by atoms with Crippen molar-refractivity contribution in [2.24, 2.45) is 5.41 Å². The van der Waals surface area contributed by atoms with Gasteiger partial charge in [-0.3, -0.25) is 4.79 Å². The lowest BCUT2D eigenvalue weighted by molar-refractivity contribution is 0.0885. The third-order valence-electron chi connectivity index (χ3n) is 4.57. The average molecular weight is 339 g/mol. The van der Waals surface area contributed by atoms with E-state index in [0.717, 1.165) is 36.9 Å². The maximum Gasteiger partial charge on any atom is 0.272 e. The fourth-order valence-electron chi connectivity index (χ4n) is 4.14. The maximum absolute atomic E-state index is 13.0. The van der Waals surface area contributed by atoms with Gasteiger partial charge in [0, 0.05) is 16.8 Å². The second kappa shape index (κ2) is 6.32. The normalized spacial score (nSPS) is 14.4. The molecule has 4 nitrogen and oxygen atoms in total. The molecule has 134 valence electrons. The van der Waals surface area contributed by atoms with Gasteiger partial charge in [-0.1, -0.05) is 39.0 Å². The largest absolute Gasteiger partial charge is 0.346 e. The number of fused-ring (bicyclic) bond motifs is 1. The molecule has 4 heteroatoms. The standard InChI is InChI=1S/C21H29N3O/c1-20(2,3)14-21(4,5)22-19(25)18-16-12-9-13-17(16)24(23-18)15-10-7-6-8-11-15/h6-8,10-11H,9,12-14H2,1-5H3,(H,22,25). The summed E-state index contributed by atoms with van der Waals surface area (Å²) in [6.45, 7) is 10.8. The highest BCUT2D eigenvalue weighted by Gasteiger charge is 2.31. The summed E-state index contributed by atoms with van der Waals surface area (Å²) in [5.74, 6) is -0.0536. The van der Waals surface area contributed by atoms with E-state index in [9.17, 15) is 4.79 Å². The van der Waals surface area contributed by atoms with Gasteiger partial charge in [0.05, 0.1) is 5.69 Å². The van der Waals surface area contributed by atoms with Crippen molar-refractivity contribution in [3.63, 3.8) is 0 Å². The molecule has 0 saturated carbocycles. The molecule has 25 heavy (non-hydrogen) atoms. The maximum atomic E-state index is 13.0. The molecule has 2 aromatic rings. The number of hydrogen-bond donors (Lipinski definition) is 1. The smallest absolute Gasteiger partial charge is 0.272 e. The molecule has 0 unspecified atom stereocenters. The summed E-state index contributed by atoms with van der Waals surface area (Å²) < 4.78 is 1.95. The van der Waals surface area contributed by atoms with Crippen molar-refractivity contribution in [2.45, 2.75) is 65.8 Å². The van der Waals surface area contributed by atoms with E-state index in [0.29, 0.717) is 5.69 Å². The van der Waals surface area contributed by atoms with E-state index >= 15 is 0 Å². The number of para-hydroxylation sites is 1. The fraction of sp³-hybridized carbons (Fsp3) is 0.524. The Balaban J connectivity index is 1.89. The van der Waals surface area contributed by atoms with E-state index in [-0.39, 0.29) is 16.9 Å². The molecular formula is C21H29N3O. The van der Waals surface area contributed by atoms with Crippen LogP contribution >= 0.6 is 0 Å². The summed E-state index contributed by atoms with van der Waals surface area (Å²) >= 11 is 0. The zero-order valence-electron chi connectivity index (χ0n) is 16.0. The van der Waals surface area contributed by atoms with Crippen LogP contribution in [0.4, 0.5) is 0 Å². The number of benzene rings is 1. The molecule has 1 aromatic carbocycles. The SMILES string of the molecule is CC(C)(C)CC(C)(C)NC(=O)c1nn(-c2ccccc2)c2c1CCC2. The summed E-state index contributed by atoms with van der Waals surface area (Å²) in [6.07, 6.45) is 3.92. The predicted molar refractivity (Wildman–Crippen MR) is 101 cm³/mol. The van der Waals surface area contributed by atoms with Crippen LogP contribution in [0.15, 0.2) is 30.3 Å². The molecule has 3 rings (SSSR count). The zero-order valence-corrected chi connectivity index (χ0v) is 16.0. The summed E-state index contributed by atoms with van der Waals surface area (Å²) in [5.41, 5.74) is 3.81. The van der Waals surface area contributed by atoms with Crippen LogP contribution in [0.2, 0.25) is 0 Å². The van der Waals surface area contributed by atoms with E-state index in [1.165, 1.54) is 5.69 Å². The molecule has 0 aliphatic heterocycles. The van der Waals surface area contributed by atoms with Crippen LogP contribution < -0.4 is 5.32 Å².